The average molecular weight is 330 g/mol. The zero-order valence-corrected chi connectivity index (χ0v) is 13.1. The number of nitrogens with zero attached hydrogens (tertiary/aromatic N) is 2. The number of aliphatic hydroxyl groups excluding tert-OH is 1. The van der Waals surface area contributed by atoms with Gasteiger partial charge in [0.15, 0.2) is 5.82 Å². The lowest BCUT2D eigenvalue weighted by Gasteiger charge is -2.11. The molecule has 0 saturated heterocycles. The minimum Gasteiger partial charge on any atom is -0.496 e. The van der Waals surface area contributed by atoms with Crippen LogP contribution in [0.2, 0.25) is 0 Å². The quantitative estimate of drug-likeness (QED) is 0.751. The van der Waals surface area contributed by atoms with E-state index in [1.165, 1.54) is 11.3 Å². The van der Waals surface area contributed by atoms with Crippen molar-refractivity contribution in [1.29, 1.82) is 0 Å². The number of aromatic nitrogens is 2. The second-order valence-corrected chi connectivity index (χ2v) is 5.83. The molecule has 2 N–H and O–H groups in total. The van der Waals surface area contributed by atoms with Crippen LogP contribution in [0.5, 0.6) is 5.75 Å². The van der Waals surface area contributed by atoms with Crippen LogP contribution in [-0.4, -0.2) is 32.8 Å². The number of benzene rings is 1. The van der Waals surface area contributed by atoms with Crippen LogP contribution in [0.1, 0.15) is 15.2 Å². The lowest BCUT2D eigenvalue weighted by Crippen LogP contribution is -1.99. The van der Waals surface area contributed by atoms with Crippen molar-refractivity contribution >= 4 is 17.3 Å². The van der Waals surface area contributed by atoms with Gasteiger partial charge in [0, 0.05) is 23.6 Å². The smallest absolute Gasteiger partial charge is 0.345 e. The first kappa shape index (κ1) is 15.3. The number of carboxylic acids is 1. The molecule has 0 aliphatic carbocycles. The first-order valence-electron chi connectivity index (χ1n) is 6.79. The lowest BCUT2D eigenvalue weighted by molar-refractivity contribution is 0.0702. The Kier molecular flexibility index (Phi) is 4.14. The van der Waals surface area contributed by atoms with E-state index in [0.29, 0.717) is 17.1 Å². The molecule has 0 saturated carbocycles. The minimum absolute atomic E-state index is 0.136. The third-order valence-corrected chi connectivity index (χ3v) is 4.46. The Morgan fingerprint density at radius 1 is 1.35 bits per heavy atom. The fraction of sp³-hybridized carbons (Fsp3) is 0.125. The third-order valence-electron chi connectivity index (χ3n) is 3.39. The summed E-state index contributed by atoms with van der Waals surface area (Å²) in [6.45, 7) is -0.136. The molecule has 3 rings (SSSR count). The maximum absolute atomic E-state index is 11.0. The summed E-state index contributed by atoms with van der Waals surface area (Å²) in [5, 5.41) is 18.5. The molecule has 2 heterocycles. The maximum Gasteiger partial charge on any atom is 0.345 e. The molecule has 7 heteroatoms. The number of imidazole rings is 1. The number of rotatable bonds is 5. The Morgan fingerprint density at radius 3 is 2.83 bits per heavy atom. The van der Waals surface area contributed by atoms with Gasteiger partial charge < -0.3 is 14.9 Å². The standard InChI is InChI=1S/C16H14N2O4S/c1-22-12-3-2-11(8-10(12)9-19)18-7-6-17-15(18)13-4-5-14(23-13)16(20)21/h2-8,19H,9H2,1H3,(H,20,21). The first-order chi connectivity index (χ1) is 11.1. The second-order valence-electron chi connectivity index (χ2n) is 4.74. The summed E-state index contributed by atoms with van der Waals surface area (Å²) >= 11 is 1.17. The summed E-state index contributed by atoms with van der Waals surface area (Å²) in [6, 6.07) is 8.75. The predicted molar refractivity (Wildman–Crippen MR) is 86.3 cm³/mol. The fourth-order valence-corrected chi connectivity index (χ4v) is 3.14. The van der Waals surface area contributed by atoms with Crippen molar-refractivity contribution in [2.45, 2.75) is 6.61 Å². The predicted octanol–water partition coefficient (Wildman–Crippen LogP) is 2.80. The van der Waals surface area contributed by atoms with Gasteiger partial charge in [-0.15, -0.1) is 11.3 Å². The first-order valence-corrected chi connectivity index (χ1v) is 7.60. The molecule has 0 aliphatic rings. The lowest BCUT2D eigenvalue weighted by atomic mass is 10.2. The van der Waals surface area contributed by atoms with E-state index in [-0.39, 0.29) is 11.5 Å². The highest BCUT2D eigenvalue weighted by Gasteiger charge is 2.14. The SMILES string of the molecule is COc1ccc(-n2ccnc2-c2ccc(C(=O)O)s2)cc1CO. The van der Waals surface area contributed by atoms with Crippen molar-refractivity contribution in [3.05, 3.63) is 53.2 Å². The zero-order valence-electron chi connectivity index (χ0n) is 12.3. The number of aliphatic hydroxyl groups is 1. The van der Waals surface area contributed by atoms with Gasteiger partial charge >= 0.3 is 5.97 Å². The molecule has 3 aromatic rings. The highest BCUT2D eigenvalue weighted by Crippen LogP contribution is 2.30. The van der Waals surface area contributed by atoms with Gasteiger partial charge in [0.05, 0.1) is 18.6 Å². The fourth-order valence-electron chi connectivity index (χ4n) is 2.31. The van der Waals surface area contributed by atoms with Crippen LogP contribution in [-0.2, 0) is 6.61 Å². The molecule has 0 atom stereocenters. The van der Waals surface area contributed by atoms with Gasteiger partial charge in [-0.1, -0.05) is 0 Å². The molecular weight excluding hydrogens is 316 g/mol. The van der Waals surface area contributed by atoms with Crippen LogP contribution < -0.4 is 4.74 Å². The number of thiophene rings is 1. The number of carboxylic acid groups (broad SMARTS) is 1. The number of hydrogen-bond donors (Lipinski definition) is 2. The topological polar surface area (TPSA) is 84.6 Å². The summed E-state index contributed by atoms with van der Waals surface area (Å²) in [5.74, 6) is 0.310. The van der Waals surface area contributed by atoms with E-state index in [0.717, 1.165) is 10.6 Å². The van der Waals surface area contributed by atoms with Crippen LogP contribution in [0.15, 0.2) is 42.7 Å². The highest BCUT2D eigenvalue weighted by molar-refractivity contribution is 7.17. The number of aromatic carboxylic acids is 1. The number of carbonyl (C=O) groups is 1. The van der Waals surface area contributed by atoms with Crippen LogP contribution in [0.3, 0.4) is 0 Å². The van der Waals surface area contributed by atoms with E-state index in [1.54, 1.807) is 37.7 Å². The van der Waals surface area contributed by atoms with Crippen molar-refractivity contribution in [3.63, 3.8) is 0 Å². The molecule has 0 aliphatic heterocycles. The zero-order chi connectivity index (χ0) is 16.4. The summed E-state index contributed by atoms with van der Waals surface area (Å²) in [4.78, 5) is 16.4. The molecule has 23 heavy (non-hydrogen) atoms. The third kappa shape index (κ3) is 2.84. The van der Waals surface area contributed by atoms with Gasteiger partial charge in [-0.3, -0.25) is 4.57 Å². The van der Waals surface area contributed by atoms with Crippen molar-refractivity contribution in [2.75, 3.05) is 7.11 Å². The second kappa shape index (κ2) is 6.23. The molecule has 0 fully saturated rings. The normalized spacial score (nSPS) is 10.7. The number of ether oxygens (including phenoxy) is 1. The van der Waals surface area contributed by atoms with Gasteiger partial charge in [-0.05, 0) is 30.3 Å². The van der Waals surface area contributed by atoms with E-state index in [4.69, 9.17) is 9.84 Å². The maximum atomic E-state index is 11.0. The highest BCUT2D eigenvalue weighted by atomic mass is 32.1. The molecule has 0 spiro atoms. The molecule has 0 amide bonds. The monoisotopic (exact) mass is 330 g/mol. The Labute approximate surface area is 136 Å². The largest absolute Gasteiger partial charge is 0.496 e. The van der Waals surface area contributed by atoms with Gasteiger partial charge in [0.2, 0.25) is 0 Å². The van der Waals surface area contributed by atoms with Gasteiger partial charge in [0.25, 0.3) is 0 Å². The Balaban J connectivity index is 2.05. The summed E-state index contributed by atoms with van der Waals surface area (Å²) in [6.07, 6.45) is 3.44. The Hall–Kier alpha value is -2.64. The molecule has 6 nitrogen and oxygen atoms in total. The van der Waals surface area contributed by atoms with Gasteiger partial charge in [-0.25, -0.2) is 9.78 Å². The Bertz CT molecular complexity index is 853. The van der Waals surface area contributed by atoms with Gasteiger partial charge in [0.1, 0.15) is 10.6 Å². The van der Waals surface area contributed by atoms with Gasteiger partial charge in [-0.2, -0.15) is 0 Å². The van der Waals surface area contributed by atoms with E-state index >= 15 is 0 Å². The molecule has 0 unspecified atom stereocenters. The van der Waals surface area contributed by atoms with Crippen molar-refractivity contribution in [2.24, 2.45) is 0 Å². The summed E-state index contributed by atoms with van der Waals surface area (Å²) in [5.41, 5.74) is 1.48. The minimum atomic E-state index is -0.952. The summed E-state index contributed by atoms with van der Waals surface area (Å²) in [7, 11) is 1.55. The van der Waals surface area contributed by atoms with Crippen LogP contribution >= 0.6 is 11.3 Å². The van der Waals surface area contributed by atoms with E-state index < -0.39 is 5.97 Å². The number of hydrogen-bond acceptors (Lipinski definition) is 5. The van der Waals surface area contributed by atoms with Crippen LogP contribution in [0.4, 0.5) is 0 Å². The van der Waals surface area contributed by atoms with E-state index in [9.17, 15) is 9.90 Å². The van der Waals surface area contributed by atoms with E-state index in [1.807, 2.05) is 16.7 Å². The average Bonchev–Trinajstić information content (AvgIpc) is 3.22. The van der Waals surface area contributed by atoms with Crippen molar-refractivity contribution < 1.29 is 19.7 Å². The number of methoxy groups -OCH3 is 1. The van der Waals surface area contributed by atoms with Crippen molar-refractivity contribution in [3.8, 4) is 22.1 Å². The molecular formula is C16H14N2O4S. The molecule has 118 valence electrons. The molecule has 0 radical (unpaired) electrons. The van der Waals surface area contributed by atoms with Crippen molar-refractivity contribution in [1.82, 2.24) is 9.55 Å². The van der Waals surface area contributed by atoms with Crippen LogP contribution in [0.25, 0.3) is 16.4 Å². The van der Waals surface area contributed by atoms with E-state index in [2.05, 4.69) is 4.98 Å². The molecule has 2 aromatic heterocycles. The summed E-state index contributed by atoms with van der Waals surface area (Å²) < 4.78 is 7.05. The molecule has 0 bridgehead atoms. The van der Waals surface area contributed by atoms with Crippen LogP contribution in [0, 0.1) is 0 Å². The Morgan fingerprint density at radius 2 is 2.17 bits per heavy atom. The molecule has 1 aromatic carbocycles.